The summed E-state index contributed by atoms with van der Waals surface area (Å²) >= 11 is 1.90. The fourth-order valence-corrected chi connectivity index (χ4v) is 5.64. The highest BCUT2D eigenvalue weighted by molar-refractivity contribution is 8.03. The quantitative estimate of drug-likeness (QED) is 0.189. The monoisotopic (exact) mass is 673 g/mol. The molecular formula is C26H33I2N3S. The lowest BCUT2D eigenvalue weighted by atomic mass is 10.1. The molecule has 0 radical (unpaired) electrons. The van der Waals surface area contributed by atoms with Gasteiger partial charge in [-0.25, -0.2) is 4.57 Å². The van der Waals surface area contributed by atoms with Gasteiger partial charge in [0.2, 0.25) is 5.52 Å². The zero-order chi connectivity index (χ0) is 21.1. The molecule has 2 aromatic carbocycles. The van der Waals surface area contributed by atoms with Gasteiger partial charge in [0.05, 0.1) is 48.8 Å². The number of likely N-dealkylation sites (N-methyl/N-ethyl adjacent to an activating group) is 1. The van der Waals surface area contributed by atoms with Crippen molar-refractivity contribution in [2.45, 2.75) is 25.7 Å². The molecule has 0 N–H and O–H groups in total. The molecule has 3 aromatic rings. The number of hydrogen-bond donors (Lipinski definition) is 0. The number of para-hydroxylation sites is 2. The maximum absolute atomic E-state index is 2.54. The van der Waals surface area contributed by atoms with Gasteiger partial charge in [0.25, 0.3) is 0 Å². The van der Waals surface area contributed by atoms with Gasteiger partial charge in [-0.05, 0) is 50.6 Å². The van der Waals surface area contributed by atoms with Crippen LogP contribution < -0.4 is 57.4 Å². The standard InChI is InChI=1S/C26H33N3S.2HI/c1-5-29(6-2,7-3)19-18-28-24-14-10-11-15-25(24)30-26(28)20-21-16-17-27(4)23-13-9-8-12-22(21)23;;/h8-17,20H,5-7,18-19H2,1-4H3;2*1H/q+2;;/p-2. The molecule has 0 atom stereocenters. The lowest BCUT2D eigenvalue weighted by molar-refractivity contribution is -0.921. The van der Waals surface area contributed by atoms with Crippen molar-refractivity contribution in [2.75, 3.05) is 37.6 Å². The molecule has 0 aliphatic carbocycles. The fourth-order valence-electron chi connectivity index (χ4n) is 4.49. The lowest BCUT2D eigenvalue weighted by Gasteiger charge is -2.37. The Morgan fingerprint density at radius 1 is 0.906 bits per heavy atom. The summed E-state index contributed by atoms with van der Waals surface area (Å²) in [5.74, 6) is 0. The molecule has 1 aliphatic heterocycles. The van der Waals surface area contributed by atoms with Gasteiger partial charge < -0.3 is 57.3 Å². The Morgan fingerprint density at radius 2 is 1.56 bits per heavy atom. The molecule has 2 heterocycles. The van der Waals surface area contributed by atoms with E-state index in [1.54, 1.807) is 0 Å². The SMILES string of the molecule is CC[N+](CC)(CC)CCN1C(=Cc2cc[n+](C)c3ccccc23)Sc2ccccc21.[I-].[I-]. The summed E-state index contributed by atoms with van der Waals surface area (Å²) in [7, 11) is 2.11. The van der Waals surface area contributed by atoms with Gasteiger partial charge >= 0.3 is 0 Å². The molecule has 0 fully saturated rings. The van der Waals surface area contributed by atoms with E-state index in [9.17, 15) is 0 Å². The van der Waals surface area contributed by atoms with E-state index >= 15 is 0 Å². The number of halogens is 2. The molecule has 0 spiro atoms. The summed E-state index contributed by atoms with van der Waals surface area (Å²) < 4.78 is 3.36. The van der Waals surface area contributed by atoms with Gasteiger partial charge in [0, 0.05) is 17.0 Å². The molecule has 1 aliphatic rings. The van der Waals surface area contributed by atoms with Gasteiger partial charge in [-0.1, -0.05) is 36.0 Å². The molecule has 1 aromatic heterocycles. The van der Waals surface area contributed by atoms with E-state index in [0.717, 1.165) is 6.54 Å². The molecule has 32 heavy (non-hydrogen) atoms. The number of rotatable bonds is 7. The first-order valence-electron chi connectivity index (χ1n) is 11.1. The highest BCUT2D eigenvalue weighted by Crippen LogP contribution is 2.46. The molecule has 3 nitrogen and oxygen atoms in total. The van der Waals surface area contributed by atoms with Gasteiger partial charge in [-0.15, -0.1) is 0 Å². The second kappa shape index (κ2) is 12.0. The minimum absolute atomic E-state index is 0. The third kappa shape index (κ3) is 5.45. The fraction of sp³-hybridized carbons (Fsp3) is 0.346. The third-order valence-corrected chi connectivity index (χ3v) is 7.91. The van der Waals surface area contributed by atoms with Crippen molar-refractivity contribution in [2.24, 2.45) is 7.05 Å². The van der Waals surface area contributed by atoms with Crippen LogP contribution in [0, 0.1) is 0 Å². The average molecular weight is 673 g/mol. The van der Waals surface area contributed by atoms with Crippen LogP contribution in [0.5, 0.6) is 0 Å². The van der Waals surface area contributed by atoms with Crippen molar-refractivity contribution in [3.8, 4) is 0 Å². The van der Waals surface area contributed by atoms with Gasteiger partial charge in [0.15, 0.2) is 6.20 Å². The lowest BCUT2D eigenvalue weighted by Crippen LogP contribution is -3.00. The Balaban J connectivity index is 0.00000181. The summed E-state index contributed by atoms with van der Waals surface area (Å²) in [6.45, 7) is 12.8. The topological polar surface area (TPSA) is 7.12 Å². The minimum atomic E-state index is 0. The highest BCUT2D eigenvalue weighted by Gasteiger charge is 2.29. The van der Waals surface area contributed by atoms with Crippen molar-refractivity contribution in [1.29, 1.82) is 0 Å². The molecule has 0 amide bonds. The summed E-state index contributed by atoms with van der Waals surface area (Å²) in [5, 5.41) is 2.63. The average Bonchev–Trinajstić information content (AvgIpc) is 3.14. The number of quaternary nitrogens is 1. The first kappa shape index (κ1) is 27.4. The van der Waals surface area contributed by atoms with Crippen LogP contribution in [0.1, 0.15) is 26.3 Å². The molecule has 4 rings (SSSR count). The molecular weight excluding hydrogens is 640 g/mol. The van der Waals surface area contributed by atoms with Crippen LogP contribution >= 0.6 is 11.8 Å². The van der Waals surface area contributed by atoms with E-state index in [4.69, 9.17) is 0 Å². The first-order valence-corrected chi connectivity index (χ1v) is 11.9. The number of aromatic nitrogens is 1. The van der Waals surface area contributed by atoms with Crippen molar-refractivity contribution >= 4 is 34.4 Å². The Labute approximate surface area is 231 Å². The minimum Gasteiger partial charge on any atom is -1.00 e. The maximum atomic E-state index is 2.54. The van der Waals surface area contributed by atoms with Crippen LogP contribution in [-0.2, 0) is 7.05 Å². The van der Waals surface area contributed by atoms with Crippen LogP contribution in [0.15, 0.2) is 70.7 Å². The maximum Gasteiger partial charge on any atom is 0.212 e. The largest absolute Gasteiger partial charge is 1.00 e. The van der Waals surface area contributed by atoms with E-state index in [2.05, 4.69) is 104 Å². The number of pyridine rings is 1. The summed E-state index contributed by atoms with van der Waals surface area (Å²) in [4.78, 5) is 3.90. The van der Waals surface area contributed by atoms with E-state index < -0.39 is 0 Å². The third-order valence-electron chi connectivity index (χ3n) is 6.80. The number of benzene rings is 2. The van der Waals surface area contributed by atoms with Crippen molar-refractivity contribution < 1.29 is 57.0 Å². The van der Waals surface area contributed by atoms with Crippen LogP contribution in [0.2, 0.25) is 0 Å². The van der Waals surface area contributed by atoms with E-state index in [1.165, 1.54) is 62.7 Å². The summed E-state index contributed by atoms with van der Waals surface area (Å²) in [6.07, 6.45) is 4.55. The summed E-state index contributed by atoms with van der Waals surface area (Å²) in [5.41, 5.74) is 3.89. The Bertz CT molecular complexity index is 1070. The van der Waals surface area contributed by atoms with Crippen LogP contribution in [-0.4, -0.2) is 37.2 Å². The molecule has 0 saturated heterocycles. The van der Waals surface area contributed by atoms with Crippen LogP contribution in [0.3, 0.4) is 0 Å². The molecule has 0 unspecified atom stereocenters. The van der Waals surface area contributed by atoms with Crippen molar-refractivity contribution in [3.63, 3.8) is 0 Å². The number of anilines is 1. The molecule has 172 valence electrons. The van der Waals surface area contributed by atoms with E-state index in [-0.39, 0.29) is 48.0 Å². The number of fused-ring (bicyclic) bond motifs is 2. The van der Waals surface area contributed by atoms with Gasteiger partial charge in [-0.3, -0.25) is 0 Å². The normalized spacial score (nSPS) is 14.2. The highest BCUT2D eigenvalue weighted by atomic mass is 127. The zero-order valence-electron chi connectivity index (χ0n) is 19.4. The smallest absolute Gasteiger partial charge is 0.212 e. The second-order valence-corrected chi connectivity index (χ2v) is 9.18. The second-order valence-electron chi connectivity index (χ2n) is 8.12. The van der Waals surface area contributed by atoms with Crippen LogP contribution in [0.4, 0.5) is 5.69 Å². The van der Waals surface area contributed by atoms with E-state index in [0.29, 0.717) is 0 Å². The van der Waals surface area contributed by atoms with Crippen LogP contribution in [0.25, 0.3) is 17.0 Å². The predicted octanol–water partition coefficient (Wildman–Crippen LogP) is -0.540. The first-order chi connectivity index (χ1) is 14.6. The van der Waals surface area contributed by atoms with Gasteiger partial charge in [-0.2, -0.15) is 0 Å². The Morgan fingerprint density at radius 3 is 2.28 bits per heavy atom. The molecule has 6 heteroatoms. The Kier molecular flexibility index (Phi) is 10.3. The Hall–Kier alpha value is -0.840. The predicted molar refractivity (Wildman–Crippen MR) is 129 cm³/mol. The number of nitrogens with zero attached hydrogens (tertiary/aromatic N) is 3. The zero-order valence-corrected chi connectivity index (χ0v) is 24.5. The number of hydrogen-bond acceptors (Lipinski definition) is 2. The summed E-state index contributed by atoms with van der Waals surface area (Å²) in [6, 6.07) is 19.7. The van der Waals surface area contributed by atoms with Crippen molar-refractivity contribution in [3.05, 3.63) is 71.4 Å². The van der Waals surface area contributed by atoms with E-state index in [1.807, 2.05) is 11.8 Å². The number of aryl methyl sites for hydroxylation is 1. The molecule has 0 bridgehead atoms. The number of thioether (sulfide) groups is 1. The van der Waals surface area contributed by atoms with Gasteiger partial charge in [0.1, 0.15) is 7.05 Å². The molecule has 0 saturated carbocycles. The van der Waals surface area contributed by atoms with Crippen molar-refractivity contribution in [1.82, 2.24) is 0 Å².